The van der Waals surface area contributed by atoms with Crippen LogP contribution in [-0.2, 0) is 16.1 Å². The topological polar surface area (TPSA) is 67.6 Å². The monoisotopic (exact) mass is 263 g/mol. The van der Waals surface area contributed by atoms with Crippen LogP contribution in [0.2, 0.25) is 0 Å². The molecule has 1 fully saturated rings. The molecule has 1 aliphatic heterocycles. The van der Waals surface area contributed by atoms with Gasteiger partial charge in [0, 0.05) is 32.7 Å². The van der Waals surface area contributed by atoms with Crippen molar-refractivity contribution in [1.82, 2.24) is 10.2 Å². The summed E-state index contributed by atoms with van der Waals surface area (Å²) in [6, 6.07) is 10.3. The predicted molar refractivity (Wildman–Crippen MR) is 73.5 cm³/mol. The van der Waals surface area contributed by atoms with E-state index in [4.69, 9.17) is 10.5 Å². The number of carbonyl (C=O) groups excluding carboxylic acids is 1. The van der Waals surface area contributed by atoms with Gasteiger partial charge in [0.25, 0.3) is 5.91 Å². The summed E-state index contributed by atoms with van der Waals surface area (Å²) in [6.07, 6.45) is -0.385. The van der Waals surface area contributed by atoms with E-state index >= 15 is 0 Å². The minimum Gasteiger partial charge on any atom is -0.366 e. The molecule has 1 saturated heterocycles. The number of carbonyl (C=O) groups is 1. The van der Waals surface area contributed by atoms with Crippen LogP contribution in [0.1, 0.15) is 5.56 Å². The van der Waals surface area contributed by atoms with Crippen LogP contribution in [0, 0.1) is 0 Å². The second-order valence-electron chi connectivity index (χ2n) is 4.66. The van der Waals surface area contributed by atoms with Crippen LogP contribution in [0.5, 0.6) is 0 Å². The van der Waals surface area contributed by atoms with Crippen LogP contribution in [0.4, 0.5) is 0 Å². The summed E-state index contributed by atoms with van der Waals surface area (Å²) in [7, 11) is 0. The van der Waals surface area contributed by atoms with Crippen molar-refractivity contribution in [3.05, 3.63) is 35.9 Å². The van der Waals surface area contributed by atoms with Crippen LogP contribution >= 0.6 is 0 Å². The summed E-state index contributed by atoms with van der Waals surface area (Å²) in [5.74, 6) is -0.0665. The SMILES string of the molecule is NCCNC(=O)C1CN(Cc2ccccc2)CCO1. The Morgan fingerprint density at radius 3 is 2.95 bits per heavy atom. The Hall–Kier alpha value is -1.43. The van der Waals surface area contributed by atoms with Crippen LogP contribution in [-0.4, -0.2) is 49.7 Å². The first-order valence-corrected chi connectivity index (χ1v) is 6.65. The van der Waals surface area contributed by atoms with E-state index in [1.54, 1.807) is 0 Å². The molecule has 2 rings (SSSR count). The highest BCUT2D eigenvalue weighted by molar-refractivity contribution is 5.81. The molecule has 0 radical (unpaired) electrons. The van der Waals surface area contributed by atoms with Crippen LogP contribution in [0.25, 0.3) is 0 Å². The number of nitrogens with zero attached hydrogens (tertiary/aromatic N) is 1. The molecule has 0 saturated carbocycles. The van der Waals surface area contributed by atoms with E-state index in [9.17, 15) is 4.79 Å². The zero-order valence-corrected chi connectivity index (χ0v) is 11.0. The summed E-state index contributed by atoms with van der Waals surface area (Å²) >= 11 is 0. The predicted octanol–water partition coefficient (Wildman–Crippen LogP) is -0.0377. The highest BCUT2D eigenvalue weighted by Crippen LogP contribution is 2.10. The van der Waals surface area contributed by atoms with Crippen molar-refractivity contribution in [2.75, 3.05) is 32.8 Å². The number of nitrogens with two attached hydrogens (primary N) is 1. The van der Waals surface area contributed by atoms with Gasteiger partial charge in [0.2, 0.25) is 0 Å². The van der Waals surface area contributed by atoms with Gasteiger partial charge >= 0.3 is 0 Å². The average molecular weight is 263 g/mol. The van der Waals surface area contributed by atoms with Crippen molar-refractivity contribution in [3.8, 4) is 0 Å². The minimum absolute atomic E-state index is 0.0665. The molecule has 1 aromatic carbocycles. The summed E-state index contributed by atoms with van der Waals surface area (Å²) < 4.78 is 5.51. The van der Waals surface area contributed by atoms with Gasteiger partial charge in [-0.2, -0.15) is 0 Å². The first-order chi connectivity index (χ1) is 9.29. The number of rotatable bonds is 5. The zero-order valence-electron chi connectivity index (χ0n) is 11.0. The van der Waals surface area contributed by atoms with Crippen molar-refractivity contribution in [2.45, 2.75) is 12.6 Å². The number of amides is 1. The Kier molecular flexibility index (Phi) is 5.32. The van der Waals surface area contributed by atoms with Gasteiger partial charge in [-0.3, -0.25) is 9.69 Å². The average Bonchev–Trinajstić information content (AvgIpc) is 2.46. The summed E-state index contributed by atoms with van der Waals surface area (Å²) in [5, 5.41) is 2.77. The molecule has 0 spiro atoms. The molecule has 1 atom stereocenters. The Morgan fingerprint density at radius 2 is 2.21 bits per heavy atom. The molecule has 3 N–H and O–H groups in total. The second kappa shape index (κ2) is 7.23. The lowest BCUT2D eigenvalue weighted by Gasteiger charge is -2.32. The summed E-state index contributed by atoms with van der Waals surface area (Å²) in [4.78, 5) is 14.1. The van der Waals surface area contributed by atoms with E-state index in [1.165, 1.54) is 5.56 Å². The molecule has 5 heteroatoms. The summed E-state index contributed by atoms with van der Waals surface area (Å²) in [6.45, 7) is 3.88. The minimum atomic E-state index is -0.385. The molecule has 1 aromatic rings. The highest BCUT2D eigenvalue weighted by Gasteiger charge is 2.26. The van der Waals surface area contributed by atoms with Crippen LogP contribution < -0.4 is 11.1 Å². The fourth-order valence-electron chi connectivity index (χ4n) is 2.16. The third-order valence-corrected chi connectivity index (χ3v) is 3.14. The standard InChI is InChI=1S/C14H21N3O2/c15-6-7-16-14(18)13-11-17(8-9-19-13)10-12-4-2-1-3-5-12/h1-5,13H,6-11,15H2,(H,16,18). The van der Waals surface area contributed by atoms with E-state index in [2.05, 4.69) is 22.3 Å². The molecular weight excluding hydrogens is 242 g/mol. The fraction of sp³-hybridized carbons (Fsp3) is 0.500. The van der Waals surface area contributed by atoms with Gasteiger partial charge in [0.05, 0.1) is 6.61 Å². The molecular formula is C14H21N3O2. The van der Waals surface area contributed by atoms with Crippen LogP contribution in [0.3, 0.4) is 0 Å². The molecule has 5 nitrogen and oxygen atoms in total. The Balaban J connectivity index is 1.85. The third kappa shape index (κ3) is 4.31. The largest absolute Gasteiger partial charge is 0.366 e. The van der Waals surface area contributed by atoms with Gasteiger partial charge < -0.3 is 15.8 Å². The van der Waals surface area contributed by atoms with Gasteiger partial charge in [0.1, 0.15) is 6.10 Å². The fourth-order valence-corrected chi connectivity index (χ4v) is 2.16. The van der Waals surface area contributed by atoms with Crippen molar-refractivity contribution >= 4 is 5.91 Å². The molecule has 1 amide bonds. The highest BCUT2D eigenvalue weighted by atomic mass is 16.5. The van der Waals surface area contributed by atoms with E-state index in [-0.39, 0.29) is 12.0 Å². The van der Waals surface area contributed by atoms with Gasteiger partial charge in [-0.1, -0.05) is 30.3 Å². The molecule has 19 heavy (non-hydrogen) atoms. The Labute approximate surface area is 113 Å². The van der Waals surface area contributed by atoms with Crippen molar-refractivity contribution in [1.29, 1.82) is 0 Å². The third-order valence-electron chi connectivity index (χ3n) is 3.14. The van der Waals surface area contributed by atoms with Gasteiger partial charge in [-0.15, -0.1) is 0 Å². The Morgan fingerprint density at radius 1 is 1.42 bits per heavy atom. The number of nitrogens with one attached hydrogen (secondary N) is 1. The first-order valence-electron chi connectivity index (χ1n) is 6.65. The van der Waals surface area contributed by atoms with Crippen LogP contribution in [0.15, 0.2) is 30.3 Å². The van der Waals surface area contributed by atoms with E-state index in [0.717, 1.165) is 13.1 Å². The lowest BCUT2D eigenvalue weighted by molar-refractivity contribution is -0.138. The first kappa shape index (κ1) is 14.0. The van der Waals surface area contributed by atoms with Crippen molar-refractivity contribution < 1.29 is 9.53 Å². The smallest absolute Gasteiger partial charge is 0.250 e. The normalized spacial score (nSPS) is 20.2. The van der Waals surface area contributed by atoms with Crippen molar-refractivity contribution in [2.24, 2.45) is 5.73 Å². The Bertz CT molecular complexity index is 397. The van der Waals surface area contributed by atoms with E-state index < -0.39 is 0 Å². The number of ether oxygens (including phenoxy) is 1. The molecule has 104 valence electrons. The summed E-state index contributed by atoms with van der Waals surface area (Å²) in [5.41, 5.74) is 6.62. The molecule has 0 aromatic heterocycles. The maximum Gasteiger partial charge on any atom is 0.250 e. The number of benzene rings is 1. The van der Waals surface area contributed by atoms with Gasteiger partial charge in [-0.05, 0) is 5.56 Å². The lowest BCUT2D eigenvalue weighted by Crippen LogP contribution is -2.50. The number of hydrogen-bond donors (Lipinski definition) is 2. The zero-order chi connectivity index (χ0) is 13.5. The van der Waals surface area contributed by atoms with E-state index in [0.29, 0.717) is 26.2 Å². The molecule has 0 bridgehead atoms. The lowest BCUT2D eigenvalue weighted by atomic mass is 10.2. The molecule has 1 heterocycles. The van der Waals surface area contributed by atoms with Gasteiger partial charge in [0.15, 0.2) is 0 Å². The maximum absolute atomic E-state index is 11.8. The number of morpholine rings is 1. The second-order valence-corrected chi connectivity index (χ2v) is 4.66. The maximum atomic E-state index is 11.8. The number of hydrogen-bond acceptors (Lipinski definition) is 4. The molecule has 0 aliphatic carbocycles. The van der Waals surface area contributed by atoms with E-state index in [1.807, 2.05) is 18.2 Å². The van der Waals surface area contributed by atoms with Gasteiger partial charge in [-0.25, -0.2) is 0 Å². The van der Waals surface area contributed by atoms with Crippen molar-refractivity contribution in [3.63, 3.8) is 0 Å². The molecule has 1 unspecified atom stereocenters. The molecule has 1 aliphatic rings. The quantitative estimate of drug-likeness (QED) is 0.782.